The number of carbonyl (C=O) groups is 2. The first kappa shape index (κ1) is 30.3. The van der Waals surface area contributed by atoms with E-state index in [9.17, 15) is 20.0 Å². The zero-order valence-corrected chi connectivity index (χ0v) is 26.1. The molecule has 0 aromatic heterocycles. The number of aliphatic hydroxyl groups is 1. The highest BCUT2D eigenvalue weighted by Crippen LogP contribution is 2.77. The molecule has 5 aliphatic carbocycles. The Morgan fingerprint density at radius 2 is 1.71 bits per heavy atom. The standard InChI is InChI=1S/C34H50N2O5/c1-21(18-37)24-10-15-34(19-35)17-16-32(6)25(29(24)34)8-9-27-30(4)13-12-28(36-41-23(3)39)31(5,20-40-22(2)38)26(30)11-14-33(27,32)7/h24-27,29,37H,1,8-18,20H2,2-7H3/b36-28-/t24-,25+,26+,27+,29+,30-,31?,32+,33+,34+/m0/s1. The van der Waals surface area contributed by atoms with E-state index in [2.05, 4.69) is 45.5 Å². The summed E-state index contributed by atoms with van der Waals surface area (Å²) in [6.45, 7) is 17.0. The number of hydrogen-bond acceptors (Lipinski definition) is 7. The summed E-state index contributed by atoms with van der Waals surface area (Å²) >= 11 is 0. The van der Waals surface area contributed by atoms with Crippen molar-refractivity contribution in [2.75, 3.05) is 13.2 Å². The Kier molecular flexibility index (Phi) is 7.54. The van der Waals surface area contributed by atoms with Gasteiger partial charge < -0.3 is 14.7 Å². The fraction of sp³-hybridized carbons (Fsp3) is 0.824. The van der Waals surface area contributed by atoms with Crippen LogP contribution in [0.5, 0.6) is 0 Å². The third-order valence-corrected chi connectivity index (χ3v) is 13.8. The summed E-state index contributed by atoms with van der Waals surface area (Å²) in [4.78, 5) is 28.8. The maximum Gasteiger partial charge on any atom is 0.331 e. The van der Waals surface area contributed by atoms with Gasteiger partial charge in [-0.05, 0) is 116 Å². The van der Waals surface area contributed by atoms with Crippen LogP contribution in [0.3, 0.4) is 0 Å². The van der Waals surface area contributed by atoms with E-state index in [0.717, 1.165) is 69.1 Å². The van der Waals surface area contributed by atoms with Gasteiger partial charge in [0, 0.05) is 19.3 Å². The summed E-state index contributed by atoms with van der Waals surface area (Å²) < 4.78 is 5.68. The lowest BCUT2D eigenvalue weighted by molar-refractivity contribution is -0.227. The zero-order valence-electron chi connectivity index (χ0n) is 26.1. The molecule has 0 spiro atoms. The molecule has 0 aliphatic heterocycles. The van der Waals surface area contributed by atoms with E-state index < -0.39 is 11.4 Å². The quantitative estimate of drug-likeness (QED) is 0.174. The van der Waals surface area contributed by atoms with Gasteiger partial charge in [-0.25, -0.2) is 4.79 Å². The molecular weight excluding hydrogens is 516 g/mol. The first-order chi connectivity index (χ1) is 19.2. The Balaban J connectivity index is 1.53. The molecule has 0 aromatic carbocycles. The number of rotatable bonds is 5. The van der Waals surface area contributed by atoms with Crippen molar-refractivity contribution in [2.24, 2.45) is 61.8 Å². The molecular formula is C34H50N2O5. The molecule has 10 atom stereocenters. The van der Waals surface area contributed by atoms with Crippen LogP contribution >= 0.6 is 0 Å². The average molecular weight is 567 g/mol. The van der Waals surface area contributed by atoms with Crippen LogP contribution in [-0.4, -0.2) is 36.0 Å². The van der Waals surface area contributed by atoms with Gasteiger partial charge in [-0.15, -0.1) is 0 Å². The predicted octanol–water partition coefficient (Wildman–Crippen LogP) is 6.60. The van der Waals surface area contributed by atoms with Gasteiger partial charge in [-0.1, -0.05) is 39.4 Å². The fourth-order valence-electron chi connectivity index (χ4n) is 11.7. The lowest BCUT2D eigenvalue weighted by Gasteiger charge is -2.72. The van der Waals surface area contributed by atoms with E-state index in [-0.39, 0.29) is 58.6 Å². The topological polar surface area (TPSA) is 109 Å². The van der Waals surface area contributed by atoms with E-state index in [1.807, 2.05) is 0 Å². The third-order valence-electron chi connectivity index (χ3n) is 13.8. The number of fused-ring (bicyclic) bond motifs is 7. The summed E-state index contributed by atoms with van der Waals surface area (Å²) in [7, 11) is 0. The Hall–Kier alpha value is -2.20. The number of oxime groups is 1. The predicted molar refractivity (Wildman–Crippen MR) is 156 cm³/mol. The third kappa shape index (κ3) is 4.25. The molecule has 0 heterocycles. The summed E-state index contributed by atoms with van der Waals surface area (Å²) in [5.41, 5.74) is 1.13. The van der Waals surface area contributed by atoms with Crippen LogP contribution in [-0.2, 0) is 19.2 Å². The van der Waals surface area contributed by atoms with E-state index in [1.165, 1.54) is 13.8 Å². The highest BCUT2D eigenvalue weighted by molar-refractivity contribution is 5.91. The molecule has 5 saturated carbocycles. The van der Waals surface area contributed by atoms with Crippen molar-refractivity contribution in [2.45, 2.75) is 106 Å². The van der Waals surface area contributed by atoms with Gasteiger partial charge in [0.05, 0.1) is 23.8 Å². The Bertz CT molecular complexity index is 1190. The van der Waals surface area contributed by atoms with Crippen LogP contribution in [0.4, 0.5) is 0 Å². The van der Waals surface area contributed by atoms with E-state index in [0.29, 0.717) is 18.3 Å². The first-order valence-corrected chi connectivity index (χ1v) is 15.8. The van der Waals surface area contributed by atoms with Crippen molar-refractivity contribution in [3.8, 4) is 6.07 Å². The summed E-state index contributed by atoms with van der Waals surface area (Å²) in [5.74, 6) is 0.893. The summed E-state index contributed by atoms with van der Waals surface area (Å²) in [5, 5.41) is 24.9. The van der Waals surface area contributed by atoms with Gasteiger partial charge >= 0.3 is 11.9 Å². The van der Waals surface area contributed by atoms with Crippen molar-refractivity contribution in [1.29, 1.82) is 5.26 Å². The smallest absolute Gasteiger partial charge is 0.331 e. The number of aliphatic hydroxyl groups excluding tert-OH is 1. The highest BCUT2D eigenvalue weighted by Gasteiger charge is 2.71. The molecule has 0 radical (unpaired) electrons. The van der Waals surface area contributed by atoms with Crippen LogP contribution in [0.1, 0.15) is 106 Å². The molecule has 226 valence electrons. The second-order valence-electron chi connectivity index (χ2n) is 15.2. The van der Waals surface area contributed by atoms with Crippen molar-refractivity contribution in [1.82, 2.24) is 0 Å². The molecule has 0 aromatic rings. The lowest BCUT2D eigenvalue weighted by Crippen LogP contribution is -2.67. The Labute approximate surface area is 246 Å². The van der Waals surface area contributed by atoms with Gasteiger partial charge in [-0.2, -0.15) is 5.26 Å². The molecule has 7 heteroatoms. The molecule has 0 bridgehead atoms. The molecule has 1 unspecified atom stereocenters. The highest BCUT2D eigenvalue weighted by atomic mass is 16.7. The SMILES string of the molecule is C=C(CO)[C@@H]1CC[C@]2(C#N)CC[C@]3(C)[C@H](CC[C@@H]4[C@@]5(C)CC/C(=N/OC(C)=O)C(C)(COC(C)=O)[C@@H]5CC[C@]43C)[C@@H]12. The van der Waals surface area contributed by atoms with Crippen molar-refractivity contribution >= 4 is 17.7 Å². The van der Waals surface area contributed by atoms with E-state index in [4.69, 9.17) is 9.57 Å². The molecule has 1 N–H and O–H groups in total. The van der Waals surface area contributed by atoms with Gasteiger partial charge in [-0.3, -0.25) is 4.79 Å². The Morgan fingerprint density at radius 1 is 0.976 bits per heavy atom. The minimum absolute atomic E-state index is 0.00387. The number of esters is 1. The van der Waals surface area contributed by atoms with Crippen LogP contribution in [0.15, 0.2) is 17.3 Å². The van der Waals surface area contributed by atoms with Crippen molar-refractivity contribution in [3.05, 3.63) is 12.2 Å². The fourth-order valence-corrected chi connectivity index (χ4v) is 11.7. The monoisotopic (exact) mass is 566 g/mol. The van der Waals surface area contributed by atoms with Gasteiger partial charge in [0.25, 0.3) is 0 Å². The average Bonchev–Trinajstić information content (AvgIpc) is 3.31. The van der Waals surface area contributed by atoms with E-state index in [1.54, 1.807) is 0 Å². The van der Waals surface area contributed by atoms with Gasteiger partial charge in [0.1, 0.15) is 6.61 Å². The van der Waals surface area contributed by atoms with Crippen molar-refractivity contribution < 1.29 is 24.3 Å². The zero-order chi connectivity index (χ0) is 30.0. The van der Waals surface area contributed by atoms with Crippen LogP contribution < -0.4 is 0 Å². The minimum Gasteiger partial charge on any atom is -0.465 e. The Morgan fingerprint density at radius 3 is 2.34 bits per heavy atom. The number of ether oxygens (including phenoxy) is 1. The summed E-state index contributed by atoms with van der Waals surface area (Å²) in [6, 6.07) is 2.82. The molecule has 7 nitrogen and oxygen atoms in total. The second-order valence-corrected chi connectivity index (χ2v) is 15.2. The maximum atomic E-state index is 12.0. The number of nitrogens with zero attached hydrogens (tertiary/aromatic N) is 2. The van der Waals surface area contributed by atoms with Crippen LogP contribution in [0, 0.1) is 68.0 Å². The minimum atomic E-state index is -0.509. The normalized spacial score (nSPS) is 47.7. The lowest BCUT2D eigenvalue weighted by atomic mass is 9.32. The molecule has 41 heavy (non-hydrogen) atoms. The first-order valence-electron chi connectivity index (χ1n) is 15.8. The molecule has 5 fully saturated rings. The maximum absolute atomic E-state index is 12.0. The number of hydrogen-bond donors (Lipinski definition) is 1. The largest absolute Gasteiger partial charge is 0.465 e. The van der Waals surface area contributed by atoms with Crippen LogP contribution in [0.2, 0.25) is 0 Å². The molecule has 0 amide bonds. The van der Waals surface area contributed by atoms with Gasteiger partial charge in [0.2, 0.25) is 0 Å². The molecule has 5 rings (SSSR count). The number of nitriles is 1. The molecule has 5 aliphatic rings. The number of carbonyl (C=O) groups excluding carboxylic acids is 2. The summed E-state index contributed by atoms with van der Waals surface area (Å²) in [6.07, 6.45) is 9.82. The molecule has 0 saturated heterocycles. The van der Waals surface area contributed by atoms with Crippen LogP contribution in [0.25, 0.3) is 0 Å². The second kappa shape index (κ2) is 10.2. The van der Waals surface area contributed by atoms with Gasteiger partial charge in [0.15, 0.2) is 0 Å². The van der Waals surface area contributed by atoms with Crippen molar-refractivity contribution in [3.63, 3.8) is 0 Å². The van der Waals surface area contributed by atoms with E-state index >= 15 is 0 Å².